The Morgan fingerprint density at radius 2 is 2.08 bits per heavy atom. The molecular weight excluding hydrogens is 317 g/mol. The van der Waals surface area contributed by atoms with Crippen molar-refractivity contribution < 1.29 is 9.18 Å². The molecule has 0 saturated carbocycles. The number of hydrogen-bond donors (Lipinski definition) is 1. The van der Waals surface area contributed by atoms with Crippen LogP contribution in [0.2, 0.25) is 0 Å². The van der Waals surface area contributed by atoms with Crippen LogP contribution in [0.3, 0.4) is 0 Å². The SMILES string of the molecule is CC(=O)NCc1cccc(C2CCCN2CCc2ccc(F)cc2)n1. The number of nitrogens with one attached hydrogen (secondary N) is 1. The van der Waals surface area contributed by atoms with Crippen molar-refractivity contribution in [1.82, 2.24) is 15.2 Å². The highest BCUT2D eigenvalue weighted by Crippen LogP contribution is 2.30. The Labute approximate surface area is 148 Å². The smallest absolute Gasteiger partial charge is 0.217 e. The van der Waals surface area contributed by atoms with Crippen molar-refractivity contribution in [2.75, 3.05) is 13.1 Å². The zero-order valence-corrected chi connectivity index (χ0v) is 14.5. The van der Waals surface area contributed by atoms with Crippen LogP contribution in [0.25, 0.3) is 0 Å². The van der Waals surface area contributed by atoms with E-state index >= 15 is 0 Å². The van der Waals surface area contributed by atoms with Crippen LogP contribution < -0.4 is 5.32 Å². The fraction of sp³-hybridized carbons (Fsp3) is 0.400. The monoisotopic (exact) mass is 341 g/mol. The second kappa shape index (κ2) is 8.21. The maximum Gasteiger partial charge on any atom is 0.217 e. The van der Waals surface area contributed by atoms with Gasteiger partial charge in [-0.15, -0.1) is 0 Å². The number of benzene rings is 1. The number of nitrogens with zero attached hydrogens (tertiary/aromatic N) is 2. The highest BCUT2D eigenvalue weighted by atomic mass is 19.1. The van der Waals surface area contributed by atoms with Gasteiger partial charge in [0.25, 0.3) is 0 Å². The summed E-state index contributed by atoms with van der Waals surface area (Å²) in [6, 6.07) is 13.1. The Kier molecular flexibility index (Phi) is 5.76. The maximum atomic E-state index is 13.0. The number of rotatable bonds is 6. The van der Waals surface area contributed by atoms with Gasteiger partial charge in [-0.1, -0.05) is 18.2 Å². The van der Waals surface area contributed by atoms with Crippen LogP contribution in [0, 0.1) is 5.82 Å². The van der Waals surface area contributed by atoms with E-state index in [-0.39, 0.29) is 11.7 Å². The highest BCUT2D eigenvalue weighted by Gasteiger charge is 2.26. The molecule has 132 valence electrons. The van der Waals surface area contributed by atoms with Crippen molar-refractivity contribution in [3.05, 3.63) is 65.2 Å². The van der Waals surface area contributed by atoms with Crippen LogP contribution in [0.15, 0.2) is 42.5 Å². The lowest BCUT2D eigenvalue weighted by atomic mass is 10.1. The molecule has 1 fully saturated rings. The second-order valence-electron chi connectivity index (χ2n) is 6.53. The summed E-state index contributed by atoms with van der Waals surface area (Å²) in [5.41, 5.74) is 3.11. The van der Waals surface area contributed by atoms with Crippen molar-refractivity contribution in [2.45, 2.75) is 38.8 Å². The topological polar surface area (TPSA) is 45.2 Å². The molecule has 1 N–H and O–H groups in total. The van der Waals surface area contributed by atoms with E-state index in [0.717, 1.165) is 49.3 Å². The Bertz CT molecular complexity index is 717. The summed E-state index contributed by atoms with van der Waals surface area (Å²) in [7, 11) is 0. The first kappa shape index (κ1) is 17.5. The molecule has 25 heavy (non-hydrogen) atoms. The molecule has 1 amide bonds. The lowest BCUT2D eigenvalue weighted by Crippen LogP contribution is -2.27. The van der Waals surface area contributed by atoms with Gasteiger partial charge in [-0.25, -0.2) is 4.39 Å². The molecule has 0 radical (unpaired) electrons. The summed E-state index contributed by atoms with van der Waals surface area (Å²) in [5.74, 6) is -0.239. The van der Waals surface area contributed by atoms with Gasteiger partial charge in [0, 0.05) is 13.5 Å². The van der Waals surface area contributed by atoms with Gasteiger partial charge >= 0.3 is 0 Å². The van der Waals surface area contributed by atoms with Gasteiger partial charge in [0.2, 0.25) is 5.91 Å². The molecule has 1 aromatic carbocycles. The molecular formula is C20H24FN3O. The molecule has 1 saturated heterocycles. The van der Waals surface area contributed by atoms with Crippen molar-refractivity contribution in [2.24, 2.45) is 0 Å². The number of carbonyl (C=O) groups excluding carboxylic acids is 1. The zero-order chi connectivity index (χ0) is 17.6. The molecule has 1 unspecified atom stereocenters. The van der Waals surface area contributed by atoms with Gasteiger partial charge in [-0.05, 0) is 55.6 Å². The number of carbonyl (C=O) groups is 1. The average Bonchev–Trinajstić information content (AvgIpc) is 3.08. The Balaban J connectivity index is 1.63. The number of pyridine rings is 1. The van der Waals surface area contributed by atoms with Crippen molar-refractivity contribution >= 4 is 5.91 Å². The van der Waals surface area contributed by atoms with Crippen LogP contribution in [-0.2, 0) is 17.8 Å². The summed E-state index contributed by atoms with van der Waals surface area (Å²) in [5, 5.41) is 2.80. The summed E-state index contributed by atoms with van der Waals surface area (Å²) in [6.45, 7) is 3.97. The van der Waals surface area contributed by atoms with Crippen molar-refractivity contribution in [3.8, 4) is 0 Å². The first-order chi connectivity index (χ1) is 12.1. The highest BCUT2D eigenvalue weighted by molar-refractivity contribution is 5.72. The van der Waals surface area contributed by atoms with Crippen LogP contribution in [0.5, 0.6) is 0 Å². The Morgan fingerprint density at radius 3 is 2.84 bits per heavy atom. The van der Waals surface area contributed by atoms with E-state index in [1.54, 1.807) is 0 Å². The van der Waals surface area contributed by atoms with E-state index in [4.69, 9.17) is 4.98 Å². The third-order valence-corrected chi connectivity index (χ3v) is 4.65. The summed E-state index contributed by atoms with van der Waals surface area (Å²) in [6.07, 6.45) is 3.16. The van der Waals surface area contributed by atoms with Gasteiger partial charge in [0.05, 0.1) is 24.0 Å². The number of hydrogen-bond acceptors (Lipinski definition) is 3. The van der Waals surface area contributed by atoms with Crippen molar-refractivity contribution in [1.29, 1.82) is 0 Å². The minimum Gasteiger partial charge on any atom is -0.351 e. The molecule has 1 aliphatic heterocycles. The largest absolute Gasteiger partial charge is 0.351 e. The van der Waals surface area contributed by atoms with E-state index in [2.05, 4.69) is 16.3 Å². The van der Waals surface area contributed by atoms with E-state index in [0.29, 0.717) is 12.6 Å². The molecule has 0 bridgehead atoms. The molecule has 1 atom stereocenters. The minimum atomic E-state index is -0.192. The standard InChI is InChI=1S/C20H24FN3O/c1-15(25)22-14-18-4-2-5-19(23-18)20-6-3-12-24(20)13-11-16-7-9-17(21)10-8-16/h2,4-5,7-10,20H,3,6,11-14H2,1H3,(H,22,25). The van der Waals surface area contributed by atoms with Crippen LogP contribution >= 0.6 is 0 Å². The molecule has 3 rings (SSSR count). The van der Waals surface area contributed by atoms with E-state index in [9.17, 15) is 9.18 Å². The molecule has 1 aromatic heterocycles. The molecule has 2 aromatic rings. The second-order valence-corrected chi connectivity index (χ2v) is 6.53. The lowest BCUT2D eigenvalue weighted by Gasteiger charge is -2.24. The van der Waals surface area contributed by atoms with Crippen LogP contribution in [0.4, 0.5) is 4.39 Å². The number of aromatic nitrogens is 1. The third kappa shape index (κ3) is 4.86. The quantitative estimate of drug-likeness (QED) is 0.877. The normalized spacial score (nSPS) is 17.6. The van der Waals surface area contributed by atoms with Gasteiger partial charge < -0.3 is 5.32 Å². The Morgan fingerprint density at radius 1 is 1.28 bits per heavy atom. The summed E-state index contributed by atoms with van der Waals surface area (Å²) >= 11 is 0. The summed E-state index contributed by atoms with van der Waals surface area (Å²) < 4.78 is 13.0. The Hall–Kier alpha value is -2.27. The molecule has 0 spiro atoms. The fourth-order valence-electron chi connectivity index (χ4n) is 3.35. The molecule has 5 heteroatoms. The van der Waals surface area contributed by atoms with Gasteiger partial charge in [0.1, 0.15) is 5.82 Å². The third-order valence-electron chi connectivity index (χ3n) is 4.65. The van der Waals surface area contributed by atoms with E-state index in [1.807, 2.05) is 24.3 Å². The average molecular weight is 341 g/mol. The van der Waals surface area contributed by atoms with E-state index < -0.39 is 0 Å². The predicted molar refractivity (Wildman–Crippen MR) is 95.4 cm³/mol. The summed E-state index contributed by atoms with van der Waals surface area (Å²) in [4.78, 5) is 18.3. The number of likely N-dealkylation sites (tertiary alicyclic amines) is 1. The first-order valence-electron chi connectivity index (χ1n) is 8.80. The van der Waals surface area contributed by atoms with Gasteiger partial charge in [0.15, 0.2) is 0 Å². The van der Waals surface area contributed by atoms with Crippen LogP contribution in [0.1, 0.15) is 42.8 Å². The van der Waals surface area contributed by atoms with Gasteiger partial charge in [-0.2, -0.15) is 0 Å². The molecule has 2 heterocycles. The molecule has 0 aliphatic carbocycles. The predicted octanol–water partition coefficient (Wildman–Crippen LogP) is 3.24. The number of amides is 1. The zero-order valence-electron chi connectivity index (χ0n) is 14.5. The lowest BCUT2D eigenvalue weighted by molar-refractivity contribution is -0.119. The first-order valence-corrected chi connectivity index (χ1v) is 8.80. The van der Waals surface area contributed by atoms with E-state index in [1.165, 1.54) is 19.1 Å². The number of halogens is 1. The molecule has 4 nitrogen and oxygen atoms in total. The minimum absolute atomic E-state index is 0.0472. The van der Waals surface area contributed by atoms with Gasteiger partial charge in [-0.3, -0.25) is 14.7 Å². The van der Waals surface area contributed by atoms with Crippen LogP contribution in [-0.4, -0.2) is 28.9 Å². The molecule has 1 aliphatic rings. The fourth-order valence-corrected chi connectivity index (χ4v) is 3.35. The van der Waals surface area contributed by atoms with Crippen molar-refractivity contribution in [3.63, 3.8) is 0 Å². The maximum absolute atomic E-state index is 13.0.